The van der Waals surface area contributed by atoms with Crippen molar-refractivity contribution in [1.29, 1.82) is 0 Å². The average Bonchev–Trinajstić information content (AvgIpc) is 2.62. The Labute approximate surface area is 89.0 Å². The number of carbonyl (C=O) groups is 1. The lowest BCUT2D eigenvalue weighted by atomic mass is 10.4. The lowest BCUT2D eigenvalue weighted by Gasteiger charge is -2.04. The zero-order chi connectivity index (χ0) is 11.1. The van der Waals surface area contributed by atoms with E-state index >= 15 is 0 Å². The van der Waals surface area contributed by atoms with Crippen LogP contribution in [-0.2, 0) is 16.6 Å². The van der Waals surface area contributed by atoms with Crippen LogP contribution in [0.2, 0.25) is 0 Å². The van der Waals surface area contributed by atoms with Crippen molar-refractivity contribution >= 4 is 5.97 Å². The van der Waals surface area contributed by atoms with Crippen LogP contribution in [0.15, 0.2) is 12.4 Å². The molecule has 0 fully saturated rings. The number of hydrogen-bond acceptors (Lipinski definition) is 4. The molecule has 15 heavy (non-hydrogen) atoms. The molecule has 5 nitrogen and oxygen atoms in total. The summed E-state index contributed by atoms with van der Waals surface area (Å²) in [6.07, 6.45) is 5.15. The lowest BCUT2D eigenvalue weighted by Crippen LogP contribution is -2.15. The van der Waals surface area contributed by atoms with E-state index in [4.69, 9.17) is 9.47 Å². The predicted octanol–water partition coefficient (Wildman–Crippen LogP) is 1.14. The number of unbranched alkanes of at least 4 members (excludes halogenated alkanes) is 1. The highest BCUT2D eigenvalue weighted by Gasteiger charge is 2.04. The Hall–Kier alpha value is -1.52. The third-order valence-corrected chi connectivity index (χ3v) is 1.80. The van der Waals surface area contributed by atoms with Gasteiger partial charge >= 0.3 is 5.97 Å². The molecule has 0 aliphatic rings. The van der Waals surface area contributed by atoms with Crippen molar-refractivity contribution in [3.05, 3.63) is 12.4 Å². The van der Waals surface area contributed by atoms with Gasteiger partial charge in [-0.2, -0.15) is 5.10 Å². The third kappa shape index (κ3) is 4.49. The lowest BCUT2D eigenvalue weighted by molar-refractivity contribution is -0.146. The van der Waals surface area contributed by atoms with Crippen molar-refractivity contribution in [2.24, 2.45) is 7.05 Å². The first-order valence-electron chi connectivity index (χ1n) is 4.99. The fourth-order valence-electron chi connectivity index (χ4n) is 0.988. The summed E-state index contributed by atoms with van der Waals surface area (Å²) in [7, 11) is 1.78. The molecule has 0 amide bonds. The average molecular weight is 212 g/mol. The van der Waals surface area contributed by atoms with E-state index in [1.165, 1.54) is 0 Å². The molecule has 84 valence electrons. The van der Waals surface area contributed by atoms with E-state index in [-0.39, 0.29) is 12.6 Å². The van der Waals surface area contributed by atoms with Crippen molar-refractivity contribution in [2.45, 2.75) is 19.8 Å². The highest BCUT2D eigenvalue weighted by Crippen LogP contribution is 2.06. The molecule has 1 aromatic heterocycles. The fraction of sp³-hybridized carbons (Fsp3) is 0.600. The molecule has 1 aromatic rings. The van der Waals surface area contributed by atoms with Crippen molar-refractivity contribution < 1.29 is 14.3 Å². The number of aryl methyl sites for hydroxylation is 1. The monoisotopic (exact) mass is 212 g/mol. The van der Waals surface area contributed by atoms with E-state index in [9.17, 15) is 4.79 Å². The summed E-state index contributed by atoms with van der Waals surface area (Å²) in [4.78, 5) is 11.1. The van der Waals surface area contributed by atoms with Crippen LogP contribution in [0, 0.1) is 0 Å². The molecule has 1 heterocycles. The van der Waals surface area contributed by atoms with E-state index in [1.54, 1.807) is 24.1 Å². The van der Waals surface area contributed by atoms with Crippen molar-refractivity contribution in [3.8, 4) is 5.75 Å². The summed E-state index contributed by atoms with van der Waals surface area (Å²) >= 11 is 0. The molecule has 0 saturated heterocycles. The van der Waals surface area contributed by atoms with E-state index in [2.05, 4.69) is 5.10 Å². The second-order valence-electron chi connectivity index (χ2n) is 3.21. The molecule has 0 radical (unpaired) electrons. The van der Waals surface area contributed by atoms with Gasteiger partial charge in [-0.25, -0.2) is 4.79 Å². The second-order valence-corrected chi connectivity index (χ2v) is 3.21. The van der Waals surface area contributed by atoms with Crippen LogP contribution < -0.4 is 4.74 Å². The molecule has 5 heteroatoms. The number of carbonyl (C=O) groups excluding carboxylic acids is 1. The molecule has 0 atom stereocenters. The van der Waals surface area contributed by atoms with Crippen LogP contribution >= 0.6 is 0 Å². The summed E-state index contributed by atoms with van der Waals surface area (Å²) in [5, 5.41) is 3.91. The Morgan fingerprint density at radius 3 is 3.00 bits per heavy atom. The molecular formula is C10H16N2O3. The maximum Gasteiger partial charge on any atom is 0.344 e. The minimum atomic E-state index is -0.340. The second kappa shape index (κ2) is 6.06. The Morgan fingerprint density at radius 2 is 2.40 bits per heavy atom. The largest absolute Gasteiger partial charge is 0.479 e. The maximum atomic E-state index is 11.1. The van der Waals surface area contributed by atoms with Crippen LogP contribution in [0.5, 0.6) is 5.75 Å². The predicted molar refractivity (Wildman–Crippen MR) is 54.6 cm³/mol. The molecule has 0 aliphatic heterocycles. The third-order valence-electron chi connectivity index (χ3n) is 1.80. The Bertz CT molecular complexity index is 309. The topological polar surface area (TPSA) is 53.4 Å². The van der Waals surface area contributed by atoms with E-state index in [0.29, 0.717) is 12.4 Å². The van der Waals surface area contributed by atoms with E-state index in [0.717, 1.165) is 12.8 Å². The van der Waals surface area contributed by atoms with Crippen LogP contribution in [0.1, 0.15) is 19.8 Å². The van der Waals surface area contributed by atoms with Gasteiger partial charge in [-0.1, -0.05) is 13.3 Å². The standard InChI is InChI=1S/C10H16N2O3/c1-3-4-5-14-10(13)8-15-9-6-11-12(2)7-9/h6-7H,3-5,8H2,1-2H3. The SMILES string of the molecule is CCCCOC(=O)COc1cnn(C)c1. The number of esters is 1. The van der Waals surface area contributed by atoms with Gasteiger partial charge in [-0.05, 0) is 6.42 Å². The quantitative estimate of drug-likeness (QED) is 0.524. The number of nitrogens with zero attached hydrogens (tertiary/aromatic N) is 2. The summed E-state index contributed by atoms with van der Waals surface area (Å²) in [5.41, 5.74) is 0. The van der Waals surface area contributed by atoms with Gasteiger partial charge in [0.25, 0.3) is 0 Å². The number of aromatic nitrogens is 2. The van der Waals surface area contributed by atoms with Crippen molar-refractivity contribution in [3.63, 3.8) is 0 Å². The normalized spacial score (nSPS) is 10.0. The zero-order valence-electron chi connectivity index (χ0n) is 9.10. The summed E-state index contributed by atoms with van der Waals surface area (Å²) < 4.78 is 11.7. The molecule has 0 saturated carbocycles. The first-order chi connectivity index (χ1) is 7.22. The van der Waals surface area contributed by atoms with Crippen molar-refractivity contribution in [2.75, 3.05) is 13.2 Å². The smallest absolute Gasteiger partial charge is 0.344 e. The number of hydrogen-bond donors (Lipinski definition) is 0. The molecular weight excluding hydrogens is 196 g/mol. The van der Waals surface area contributed by atoms with Crippen molar-refractivity contribution in [1.82, 2.24) is 9.78 Å². The molecule has 0 unspecified atom stereocenters. The van der Waals surface area contributed by atoms with Crippen LogP contribution in [0.4, 0.5) is 0 Å². The van der Waals surface area contributed by atoms with E-state index < -0.39 is 0 Å². The minimum absolute atomic E-state index is 0.0601. The Kier molecular flexibility index (Phi) is 4.66. The van der Waals surface area contributed by atoms with E-state index in [1.807, 2.05) is 6.92 Å². The van der Waals surface area contributed by atoms with Crippen LogP contribution in [-0.4, -0.2) is 29.0 Å². The highest BCUT2D eigenvalue weighted by molar-refractivity contribution is 5.71. The van der Waals surface area contributed by atoms with Gasteiger partial charge < -0.3 is 9.47 Å². The summed E-state index contributed by atoms with van der Waals surface area (Å²) in [5.74, 6) is 0.234. The molecule has 0 aromatic carbocycles. The Morgan fingerprint density at radius 1 is 1.60 bits per heavy atom. The molecule has 0 aliphatic carbocycles. The minimum Gasteiger partial charge on any atom is -0.479 e. The van der Waals surface area contributed by atoms with Gasteiger partial charge in [-0.3, -0.25) is 4.68 Å². The maximum absolute atomic E-state index is 11.1. The van der Waals surface area contributed by atoms with Crippen LogP contribution in [0.25, 0.3) is 0 Å². The van der Waals surface area contributed by atoms with Crippen LogP contribution in [0.3, 0.4) is 0 Å². The van der Waals surface area contributed by atoms with Gasteiger partial charge in [-0.15, -0.1) is 0 Å². The molecule has 0 bridgehead atoms. The molecule has 1 rings (SSSR count). The van der Waals surface area contributed by atoms with Gasteiger partial charge in [0.15, 0.2) is 12.4 Å². The van der Waals surface area contributed by atoms with Gasteiger partial charge in [0, 0.05) is 7.05 Å². The first kappa shape index (κ1) is 11.6. The fourth-order valence-corrected chi connectivity index (χ4v) is 0.988. The first-order valence-corrected chi connectivity index (χ1v) is 4.99. The van der Waals surface area contributed by atoms with Gasteiger partial charge in [0.2, 0.25) is 0 Å². The van der Waals surface area contributed by atoms with Gasteiger partial charge in [0.1, 0.15) is 0 Å². The molecule has 0 spiro atoms. The number of ether oxygens (including phenoxy) is 2. The molecule has 0 N–H and O–H groups in total. The Balaban J connectivity index is 2.16. The number of rotatable bonds is 6. The summed E-state index contributed by atoms with van der Waals surface area (Å²) in [6, 6.07) is 0. The highest BCUT2D eigenvalue weighted by atomic mass is 16.6. The summed E-state index contributed by atoms with van der Waals surface area (Å²) in [6.45, 7) is 2.45. The van der Waals surface area contributed by atoms with Gasteiger partial charge in [0.05, 0.1) is 19.0 Å². The zero-order valence-corrected chi connectivity index (χ0v) is 9.10.